The predicted octanol–water partition coefficient (Wildman–Crippen LogP) is 2.98. The van der Waals surface area contributed by atoms with Crippen LogP contribution >= 0.6 is 0 Å². The third kappa shape index (κ3) is 2.78. The first kappa shape index (κ1) is 19.4. The van der Waals surface area contributed by atoms with Crippen LogP contribution in [0.4, 0.5) is 0 Å². The molecule has 162 valence electrons. The summed E-state index contributed by atoms with van der Waals surface area (Å²) in [5.74, 6) is 2.72. The van der Waals surface area contributed by atoms with Crippen molar-refractivity contribution in [3.8, 4) is 34.5 Å². The molecule has 0 aromatic heterocycles. The van der Waals surface area contributed by atoms with Gasteiger partial charge in [0.25, 0.3) is 0 Å². The van der Waals surface area contributed by atoms with Crippen LogP contribution in [0.2, 0.25) is 0 Å². The zero-order chi connectivity index (χ0) is 21.7. The Morgan fingerprint density at radius 1 is 0.871 bits per heavy atom. The van der Waals surface area contributed by atoms with Crippen LogP contribution < -0.4 is 28.4 Å². The number of methoxy groups -OCH3 is 4. The summed E-state index contributed by atoms with van der Waals surface area (Å²) in [6, 6.07) is 5.61. The molecular formula is C23H22O8. The molecule has 1 saturated heterocycles. The fraction of sp³-hybridized carbons (Fsp3) is 0.348. The zero-order valence-electron chi connectivity index (χ0n) is 17.7. The van der Waals surface area contributed by atoms with Crippen molar-refractivity contribution >= 4 is 11.5 Å². The average Bonchev–Trinajstić information content (AvgIpc) is 3.41. The molecule has 0 radical (unpaired) electrons. The molecule has 0 bridgehead atoms. The second-order valence-corrected chi connectivity index (χ2v) is 7.38. The lowest BCUT2D eigenvalue weighted by molar-refractivity contribution is -0.135. The van der Waals surface area contributed by atoms with E-state index in [1.807, 2.05) is 18.2 Å². The Morgan fingerprint density at radius 2 is 1.58 bits per heavy atom. The molecule has 8 heteroatoms. The maximum atomic E-state index is 12.8. The minimum atomic E-state index is -0.334. The molecule has 3 aliphatic rings. The van der Waals surface area contributed by atoms with Gasteiger partial charge in [-0.2, -0.15) is 0 Å². The van der Waals surface area contributed by atoms with Crippen LogP contribution in [0.15, 0.2) is 23.8 Å². The third-order valence-electron chi connectivity index (χ3n) is 5.89. The van der Waals surface area contributed by atoms with Crippen LogP contribution in [0.1, 0.15) is 16.7 Å². The summed E-state index contributed by atoms with van der Waals surface area (Å²) in [5.41, 5.74) is 3.83. The Balaban J connectivity index is 1.84. The van der Waals surface area contributed by atoms with Gasteiger partial charge in [-0.15, -0.1) is 0 Å². The highest BCUT2D eigenvalue weighted by molar-refractivity contribution is 6.06. The van der Waals surface area contributed by atoms with E-state index in [9.17, 15) is 4.79 Å². The lowest BCUT2D eigenvalue weighted by Gasteiger charge is -2.27. The normalized spacial score (nSPS) is 18.3. The Bertz CT molecular complexity index is 1090. The van der Waals surface area contributed by atoms with Crippen molar-refractivity contribution in [3.63, 3.8) is 0 Å². The summed E-state index contributed by atoms with van der Waals surface area (Å²) in [5, 5.41) is 0. The van der Waals surface area contributed by atoms with Gasteiger partial charge in [0.05, 0.1) is 40.6 Å². The standard InChI is InChI=1S/C23H22O8/c1-25-14-6-12(7-15(26-2)20(14)27-3)17-18-11(5-13-9-29-23(24)19(13)17)8-16-21(22(18)28-4)31-10-30-16/h6-8,13H,5,9-10H2,1-4H3. The van der Waals surface area contributed by atoms with Gasteiger partial charge in [0.15, 0.2) is 23.0 Å². The molecule has 2 aromatic rings. The number of hydrogen-bond donors (Lipinski definition) is 0. The fourth-order valence-electron chi connectivity index (χ4n) is 4.59. The molecule has 0 amide bonds. The van der Waals surface area contributed by atoms with E-state index in [1.54, 1.807) is 28.4 Å². The van der Waals surface area contributed by atoms with Gasteiger partial charge >= 0.3 is 5.97 Å². The molecule has 0 spiro atoms. The molecule has 1 fully saturated rings. The van der Waals surface area contributed by atoms with E-state index in [0.717, 1.165) is 16.7 Å². The van der Waals surface area contributed by atoms with E-state index in [0.29, 0.717) is 58.7 Å². The minimum absolute atomic E-state index is 0.0702. The molecule has 0 saturated carbocycles. The Kier molecular flexibility index (Phi) is 4.57. The highest BCUT2D eigenvalue weighted by Crippen LogP contribution is 2.54. The van der Waals surface area contributed by atoms with Crippen molar-refractivity contribution < 1.29 is 38.0 Å². The van der Waals surface area contributed by atoms with Crippen molar-refractivity contribution in [1.82, 2.24) is 0 Å². The summed E-state index contributed by atoms with van der Waals surface area (Å²) >= 11 is 0. The second-order valence-electron chi connectivity index (χ2n) is 7.38. The first-order valence-electron chi connectivity index (χ1n) is 9.82. The summed E-state index contributed by atoms with van der Waals surface area (Å²) in [6.45, 7) is 0.453. The lowest BCUT2D eigenvalue weighted by atomic mass is 9.76. The quantitative estimate of drug-likeness (QED) is 0.675. The van der Waals surface area contributed by atoms with E-state index in [-0.39, 0.29) is 18.7 Å². The number of esters is 1. The molecule has 1 atom stereocenters. The number of carbonyl (C=O) groups is 1. The maximum absolute atomic E-state index is 12.8. The topological polar surface area (TPSA) is 81.7 Å². The van der Waals surface area contributed by atoms with Gasteiger partial charge in [0.2, 0.25) is 18.3 Å². The van der Waals surface area contributed by atoms with Crippen molar-refractivity contribution in [3.05, 3.63) is 40.5 Å². The van der Waals surface area contributed by atoms with E-state index < -0.39 is 0 Å². The summed E-state index contributed by atoms with van der Waals surface area (Å²) in [4.78, 5) is 12.8. The summed E-state index contributed by atoms with van der Waals surface area (Å²) in [7, 11) is 6.23. The van der Waals surface area contributed by atoms with Gasteiger partial charge in [0, 0.05) is 17.1 Å². The lowest BCUT2D eigenvalue weighted by Crippen LogP contribution is -2.18. The third-order valence-corrected chi connectivity index (χ3v) is 5.89. The molecule has 0 N–H and O–H groups in total. The average molecular weight is 426 g/mol. The van der Waals surface area contributed by atoms with Crippen LogP contribution in [0, 0.1) is 5.92 Å². The van der Waals surface area contributed by atoms with Gasteiger partial charge in [-0.3, -0.25) is 0 Å². The Hall–Kier alpha value is -3.55. The molecule has 1 aliphatic carbocycles. The van der Waals surface area contributed by atoms with Crippen LogP contribution in [0.3, 0.4) is 0 Å². The number of rotatable bonds is 5. The number of fused-ring (bicyclic) bond motifs is 3. The molecule has 2 aromatic carbocycles. The first-order valence-corrected chi connectivity index (χ1v) is 9.82. The van der Waals surface area contributed by atoms with Crippen molar-refractivity contribution in [2.24, 2.45) is 5.92 Å². The number of carbonyl (C=O) groups excluding carboxylic acids is 1. The first-order chi connectivity index (χ1) is 15.1. The van der Waals surface area contributed by atoms with Gasteiger partial charge in [-0.1, -0.05) is 0 Å². The number of ether oxygens (including phenoxy) is 7. The molecule has 2 heterocycles. The van der Waals surface area contributed by atoms with Crippen LogP contribution in [0.5, 0.6) is 34.5 Å². The molecule has 5 rings (SSSR count). The SMILES string of the molecule is COc1cc(C2=C3C(=O)OCC3Cc3cc4c(c(OC)c32)OCO4)cc(OC)c1OC. The van der Waals surface area contributed by atoms with Crippen LogP contribution in [-0.4, -0.2) is 47.8 Å². The van der Waals surface area contributed by atoms with Gasteiger partial charge < -0.3 is 33.2 Å². The van der Waals surface area contributed by atoms with E-state index in [2.05, 4.69) is 0 Å². The molecule has 31 heavy (non-hydrogen) atoms. The van der Waals surface area contributed by atoms with Crippen LogP contribution in [-0.2, 0) is 16.0 Å². The van der Waals surface area contributed by atoms with Crippen LogP contribution in [0.25, 0.3) is 5.57 Å². The summed E-state index contributed by atoms with van der Waals surface area (Å²) < 4.78 is 39.0. The van der Waals surface area contributed by atoms with E-state index in [4.69, 9.17) is 33.2 Å². The fourth-order valence-corrected chi connectivity index (χ4v) is 4.59. The maximum Gasteiger partial charge on any atom is 0.335 e. The smallest absolute Gasteiger partial charge is 0.335 e. The Morgan fingerprint density at radius 3 is 2.23 bits per heavy atom. The van der Waals surface area contributed by atoms with E-state index in [1.165, 1.54) is 0 Å². The minimum Gasteiger partial charge on any atom is -0.493 e. The molecular weight excluding hydrogens is 404 g/mol. The molecule has 2 aliphatic heterocycles. The summed E-state index contributed by atoms with van der Waals surface area (Å²) in [6.07, 6.45) is 0.636. The van der Waals surface area contributed by atoms with Crippen molar-refractivity contribution in [2.45, 2.75) is 6.42 Å². The highest BCUT2D eigenvalue weighted by atomic mass is 16.7. The van der Waals surface area contributed by atoms with E-state index >= 15 is 0 Å². The number of benzene rings is 2. The van der Waals surface area contributed by atoms with Gasteiger partial charge in [-0.05, 0) is 35.7 Å². The zero-order valence-corrected chi connectivity index (χ0v) is 17.7. The predicted molar refractivity (Wildman–Crippen MR) is 109 cm³/mol. The monoisotopic (exact) mass is 426 g/mol. The Labute approximate surface area is 179 Å². The van der Waals surface area contributed by atoms with Crippen molar-refractivity contribution in [2.75, 3.05) is 41.8 Å². The van der Waals surface area contributed by atoms with Gasteiger partial charge in [-0.25, -0.2) is 4.79 Å². The highest BCUT2D eigenvalue weighted by Gasteiger charge is 2.42. The molecule has 1 unspecified atom stereocenters. The largest absolute Gasteiger partial charge is 0.493 e. The number of hydrogen-bond acceptors (Lipinski definition) is 8. The second kappa shape index (κ2) is 7.30. The van der Waals surface area contributed by atoms with Gasteiger partial charge in [0.1, 0.15) is 0 Å². The number of cyclic esters (lactones) is 1. The molecule has 8 nitrogen and oxygen atoms in total. The van der Waals surface area contributed by atoms with Crippen molar-refractivity contribution in [1.29, 1.82) is 0 Å².